The lowest BCUT2D eigenvalue weighted by Gasteiger charge is -2.04. The Hall–Kier alpha value is -1.56. The van der Waals surface area contributed by atoms with Crippen LogP contribution in [0.5, 0.6) is 11.5 Å². The van der Waals surface area contributed by atoms with Gasteiger partial charge in [0.1, 0.15) is 7.05 Å². The van der Waals surface area contributed by atoms with Gasteiger partial charge in [-0.15, -0.1) is 0 Å². The van der Waals surface area contributed by atoms with Gasteiger partial charge in [-0.2, -0.15) is 0 Å². The summed E-state index contributed by atoms with van der Waals surface area (Å²) in [5.74, 6) is 1.67. The van der Waals surface area contributed by atoms with E-state index in [-0.39, 0.29) is 24.0 Å². The van der Waals surface area contributed by atoms with Gasteiger partial charge in [-0.1, -0.05) is 12.1 Å². The quantitative estimate of drug-likeness (QED) is 0.306. The van der Waals surface area contributed by atoms with E-state index >= 15 is 0 Å². The van der Waals surface area contributed by atoms with Crippen LogP contribution >= 0.6 is 0 Å². The third kappa shape index (κ3) is 1.82. The van der Waals surface area contributed by atoms with Crippen LogP contribution in [0.2, 0.25) is 0 Å². The Morgan fingerprint density at radius 3 is 2.58 bits per heavy atom. The van der Waals surface area contributed by atoms with Crippen LogP contribution in [0.15, 0.2) is 42.6 Å². The van der Waals surface area contributed by atoms with Crippen LogP contribution in [0.1, 0.15) is 0 Å². The smallest absolute Gasteiger partial charge is 0.231 e. The summed E-state index contributed by atoms with van der Waals surface area (Å²) in [7, 11) is 2.06. The van der Waals surface area contributed by atoms with Gasteiger partial charge in [0.05, 0.1) is 10.8 Å². The molecule has 3 nitrogen and oxygen atoms in total. The maximum absolute atomic E-state index is 5.46. The fourth-order valence-corrected chi connectivity index (χ4v) is 2.58. The van der Waals surface area contributed by atoms with Gasteiger partial charge in [-0.25, -0.2) is 4.57 Å². The number of benzene rings is 2. The Balaban J connectivity index is 0.00000110. The summed E-state index contributed by atoms with van der Waals surface area (Å²) in [6, 6.07) is 12.5. The Kier molecular flexibility index (Phi) is 2.97. The molecule has 2 heterocycles. The highest BCUT2D eigenvalue weighted by atomic mass is 127. The number of aromatic nitrogens is 1. The van der Waals surface area contributed by atoms with Crippen molar-refractivity contribution in [1.29, 1.82) is 0 Å². The van der Waals surface area contributed by atoms with Gasteiger partial charge in [0.25, 0.3) is 0 Å². The molecule has 0 spiro atoms. The predicted octanol–water partition coefficient (Wildman–Crippen LogP) is -0.450. The van der Waals surface area contributed by atoms with Crippen LogP contribution in [-0.2, 0) is 7.05 Å². The number of ether oxygens (including phenoxy) is 2. The van der Waals surface area contributed by atoms with E-state index in [0.29, 0.717) is 6.79 Å². The summed E-state index contributed by atoms with van der Waals surface area (Å²) in [5, 5.41) is 3.60. The molecule has 0 fully saturated rings. The van der Waals surface area contributed by atoms with Gasteiger partial charge < -0.3 is 33.5 Å². The molecule has 19 heavy (non-hydrogen) atoms. The summed E-state index contributed by atoms with van der Waals surface area (Å²) in [6.45, 7) is 0.315. The summed E-state index contributed by atoms with van der Waals surface area (Å²) < 4.78 is 13.0. The molecule has 4 heteroatoms. The molecule has 0 atom stereocenters. The molecule has 0 saturated carbocycles. The van der Waals surface area contributed by atoms with E-state index in [4.69, 9.17) is 9.47 Å². The highest BCUT2D eigenvalue weighted by Gasteiger charge is 2.17. The van der Waals surface area contributed by atoms with E-state index < -0.39 is 0 Å². The average Bonchev–Trinajstić information content (AvgIpc) is 2.84. The van der Waals surface area contributed by atoms with Crippen molar-refractivity contribution >= 4 is 21.7 Å². The zero-order valence-corrected chi connectivity index (χ0v) is 12.5. The normalized spacial score (nSPS) is 12.7. The molecule has 1 aliphatic rings. The average molecular weight is 365 g/mol. The molecule has 0 aliphatic carbocycles. The Morgan fingerprint density at radius 1 is 1.00 bits per heavy atom. The Bertz CT molecular complexity index is 786. The monoisotopic (exact) mass is 365 g/mol. The number of rotatable bonds is 0. The van der Waals surface area contributed by atoms with Crippen molar-refractivity contribution in [3.63, 3.8) is 0 Å². The number of fused-ring (bicyclic) bond motifs is 4. The molecule has 0 radical (unpaired) electrons. The zero-order valence-electron chi connectivity index (χ0n) is 10.4. The maximum atomic E-state index is 5.46. The number of pyridine rings is 1. The van der Waals surface area contributed by atoms with E-state index in [1.807, 2.05) is 6.07 Å². The first kappa shape index (κ1) is 12.5. The molecule has 4 rings (SSSR count). The highest BCUT2D eigenvalue weighted by molar-refractivity contribution is 6.05. The standard InChI is InChI=1S/C15H12NO2.HI/c1-16-8-10-6-14-15(18-9-17-14)7-12(10)11-4-2-3-5-13(11)16;/h2-8H,9H2,1H3;1H/q+1;/p-1. The second kappa shape index (κ2) is 4.52. The molecule has 0 bridgehead atoms. The minimum atomic E-state index is 0. The summed E-state index contributed by atoms with van der Waals surface area (Å²) in [5.41, 5.74) is 1.21. The third-order valence-electron chi connectivity index (χ3n) is 3.45. The highest BCUT2D eigenvalue weighted by Crippen LogP contribution is 2.37. The fraction of sp³-hybridized carbons (Fsp3) is 0.133. The van der Waals surface area contributed by atoms with Crippen molar-refractivity contribution in [3.8, 4) is 11.5 Å². The molecular formula is C15H12INO2. The van der Waals surface area contributed by atoms with Crippen molar-refractivity contribution in [2.45, 2.75) is 0 Å². The van der Waals surface area contributed by atoms with Gasteiger partial charge in [0, 0.05) is 11.5 Å². The zero-order chi connectivity index (χ0) is 12.1. The van der Waals surface area contributed by atoms with Gasteiger partial charge in [0.2, 0.25) is 12.3 Å². The number of nitrogens with zero attached hydrogens (tertiary/aromatic N) is 1. The van der Waals surface area contributed by atoms with Crippen LogP contribution in [0.3, 0.4) is 0 Å². The van der Waals surface area contributed by atoms with Gasteiger partial charge in [0.15, 0.2) is 17.7 Å². The van der Waals surface area contributed by atoms with E-state index in [9.17, 15) is 0 Å². The van der Waals surface area contributed by atoms with Crippen molar-refractivity contribution in [3.05, 3.63) is 42.6 Å². The minimum Gasteiger partial charge on any atom is -1.00 e. The van der Waals surface area contributed by atoms with E-state index in [0.717, 1.165) is 11.5 Å². The van der Waals surface area contributed by atoms with Gasteiger partial charge >= 0.3 is 0 Å². The predicted molar refractivity (Wildman–Crippen MR) is 68.8 cm³/mol. The topological polar surface area (TPSA) is 22.3 Å². The van der Waals surface area contributed by atoms with Crippen molar-refractivity contribution in [2.24, 2.45) is 7.05 Å². The minimum absolute atomic E-state index is 0. The molecule has 1 aliphatic heterocycles. The molecule has 0 amide bonds. The molecule has 1 aromatic heterocycles. The van der Waals surface area contributed by atoms with Crippen molar-refractivity contribution in [2.75, 3.05) is 6.79 Å². The van der Waals surface area contributed by atoms with Gasteiger partial charge in [-0.05, 0) is 18.2 Å². The van der Waals surface area contributed by atoms with Crippen LogP contribution in [0, 0.1) is 0 Å². The number of aryl methyl sites for hydroxylation is 1. The molecule has 2 aromatic carbocycles. The SMILES string of the molecule is C[n+]1cc2cc3c(cc2c2ccccc21)OCO3.[I-]. The summed E-state index contributed by atoms with van der Waals surface area (Å²) in [6.07, 6.45) is 2.12. The lowest BCUT2D eigenvalue weighted by molar-refractivity contribution is -0.643. The van der Waals surface area contributed by atoms with E-state index in [1.165, 1.54) is 21.7 Å². The molecule has 0 saturated heterocycles. The van der Waals surface area contributed by atoms with Crippen molar-refractivity contribution in [1.82, 2.24) is 0 Å². The van der Waals surface area contributed by atoms with Crippen LogP contribution < -0.4 is 38.0 Å². The number of halogens is 1. The van der Waals surface area contributed by atoms with Crippen LogP contribution in [0.25, 0.3) is 21.7 Å². The second-order valence-electron chi connectivity index (χ2n) is 4.55. The Morgan fingerprint density at radius 2 is 1.74 bits per heavy atom. The lowest BCUT2D eigenvalue weighted by atomic mass is 10.1. The number of hydrogen-bond donors (Lipinski definition) is 0. The number of para-hydroxylation sites is 1. The molecule has 3 aromatic rings. The van der Waals surface area contributed by atoms with Crippen LogP contribution in [-0.4, -0.2) is 6.79 Å². The lowest BCUT2D eigenvalue weighted by Crippen LogP contribution is -3.00. The molecule has 0 N–H and O–H groups in total. The van der Waals surface area contributed by atoms with E-state index in [2.05, 4.69) is 48.1 Å². The molecule has 0 unspecified atom stereocenters. The summed E-state index contributed by atoms with van der Waals surface area (Å²) >= 11 is 0. The first-order chi connectivity index (χ1) is 8.83. The first-order valence-corrected chi connectivity index (χ1v) is 5.94. The van der Waals surface area contributed by atoms with E-state index in [1.54, 1.807) is 0 Å². The Labute approximate surface area is 127 Å². The van der Waals surface area contributed by atoms with Gasteiger partial charge in [-0.3, -0.25) is 0 Å². The second-order valence-corrected chi connectivity index (χ2v) is 4.55. The maximum Gasteiger partial charge on any atom is 0.231 e. The fourth-order valence-electron chi connectivity index (χ4n) is 2.58. The molecule has 96 valence electrons. The van der Waals surface area contributed by atoms with Crippen molar-refractivity contribution < 1.29 is 38.0 Å². The van der Waals surface area contributed by atoms with Crippen LogP contribution in [0.4, 0.5) is 0 Å². The third-order valence-corrected chi connectivity index (χ3v) is 3.45. The first-order valence-electron chi connectivity index (χ1n) is 5.94. The summed E-state index contributed by atoms with van der Waals surface area (Å²) in [4.78, 5) is 0. The number of hydrogen-bond acceptors (Lipinski definition) is 2. The molecular weight excluding hydrogens is 353 g/mol. The largest absolute Gasteiger partial charge is 1.00 e.